The molecule has 19 heavy (non-hydrogen) atoms. The molecule has 1 aromatic carbocycles. The minimum Gasteiger partial charge on any atom is -0.368 e. The Hall–Kier alpha value is -1.42. The summed E-state index contributed by atoms with van der Waals surface area (Å²) in [5.74, 6) is 1.36. The van der Waals surface area contributed by atoms with Gasteiger partial charge in [-0.05, 0) is 34.9 Å². The van der Waals surface area contributed by atoms with E-state index in [0.29, 0.717) is 22.7 Å². The van der Waals surface area contributed by atoms with Gasteiger partial charge in [-0.3, -0.25) is 0 Å². The Bertz CT molecular complexity index is 756. The van der Waals surface area contributed by atoms with Gasteiger partial charge in [0.15, 0.2) is 11.0 Å². The number of halogens is 1. The lowest BCUT2D eigenvalue weighted by atomic mass is 10.2. The number of anilines is 1. The van der Waals surface area contributed by atoms with Crippen LogP contribution in [0.25, 0.3) is 17.2 Å². The minimum atomic E-state index is 0.291. The Balaban J connectivity index is 2.22. The van der Waals surface area contributed by atoms with Gasteiger partial charge in [-0.25, -0.2) is 0 Å². The lowest BCUT2D eigenvalue weighted by Gasteiger charge is -1.98. The summed E-state index contributed by atoms with van der Waals surface area (Å²) < 4.78 is 2.53. The van der Waals surface area contributed by atoms with Gasteiger partial charge in [-0.1, -0.05) is 30.0 Å². The average Bonchev–Trinajstić information content (AvgIpc) is 2.83. The molecule has 0 radical (unpaired) electrons. The van der Waals surface area contributed by atoms with Crippen LogP contribution < -0.4 is 5.73 Å². The number of fused-ring (bicyclic) bond motifs is 1. The summed E-state index contributed by atoms with van der Waals surface area (Å²) in [7, 11) is 0. The molecule has 3 rings (SSSR count). The first kappa shape index (κ1) is 12.6. The molecule has 2 N–H and O–H groups in total. The third kappa shape index (κ3) is 2.25. The molecule has 0 amide bonds. The van der Waals surface area contributed by atoms with Crippen molar-refractivity contribution in [3.8, 4) is 11.4 Å². The highest BCUT2D eigenvalue weighted by Gasteiger charge is 2.13. The molecule has 0 bridgehead atoms. The standard InChI is InChI=1S/C11H9IN6S/c1-19-11-15-9(13)18-10(16-11)14-8(17-18)6-4-2-3-5-7(6)12/h2-5H,1H3,(H2,13,14,15,16,17). The van der Waals surface area contributed by atoms with Crippen LogP contribution in [0.3, 0.4) is 0 Å². The van der Waals surface area contributed by atoms with E-state index in [2.05, 4.69) is 42.6 Å². The molecule has 2 aromatic heterocycles. The zero-order chi connectivity index (χ0) is 13.4. The van der Waals surface area contributed by atoms with Crippen LogP contribution in [0.5, 0.6) is 0 Å². The van der Waals surface area contributed by atoms with E-state index in [-0.39, 0.29) is 0 Å². The second-order valence-electron chi connectivity index (χ2n) is 3.70. The molecule has 0 aliphatic carbocycles. The van der Waals surface area contributed by atoms with Crippen molar-refractivity contribution in [3.05, 3.63) is 27.8 Å². The third-order valence-corrected chi connectivity index (χ3v) is 4.00. The number of nitrogens with zero attached hydrogens (tertiary/aromatic N) is 5. The van der Waals surface area contributed by atoms with E-state index in [4.69, 9.17) is 5.73 Å². The molecule has 6 nitrogen and oxygen atoms in total. The fourth-order valence-corrected chi connectivity index (χ4v) is 2.62. The zero-order valence-electron chi connectivity index (χ0n) is 9.91. The van der Waals surface area contributed by atoms with E-state index >= 15 is 0 Å². The lowest BCUT2D eigenvalue weighted by Crippen LogP contribution is -2.04. The molecular weight excluding hydrogens is 375 g/mol. The number of rotatable bonds is 2. The maximum atomic E-state index is 5.86. The van der Waals surface area contributed by atoms with Crippen LogP contribution in [0.1, 0.15) is 0 Å². The molecule has 0 aliphatic rings. The van der Waals surface area contributed by atoms with Crippen molar-refractivity contribution in [3.63, 3.8) is 0 Å². The Kier molecular flexibility index (Phi) is 3.27. The summed E-state index contributed by atoms with van der Waals surface area (Å²) in [6, 6.07) is 7.90. The van der Waals surface area contributed by atoms with Crippen LogP contribution in [0.4, 0.5) is 5.95 Å². The maximum absolute atomic E-state index is 5.86. The molecule has 8 heteroatoms. The van der Waals surface area contributed by atoms with Gasteiger partial charge in [0.25, 0.3) is 5.78 Å². The molecule has 3 aromatic rings. The summed E-state index contributed by atoms with van der Waals surface area (Å²) in [5.41, 5.74) is 6.81. The summed E-state index contributed by atoms with van der Waals surface area (Å²) in [4.78, 5) is 12.8. The normalized spacial score (nSPS) is 11.1. The summed E-state index contributed by atoms with van der Waals surface area (Å²) >= 11 is 3.67. The average molecular weight is 384 g/mol. The molecule has 0 unspecified atom stereocenters. The van der Waals surface area contributed by atoms with E-state index in [9.17, 15) is 0 Å². The van der Waals surface area contributed by atoms with Crippen molar-refractivity contribution >= 4 is 46.1 Å². The van der Waals surface area contributed by atoms with E-state index in [1.807, 2.05) is 30.5 Å². The van der Waals surface area contributed by atoms with Gasteiger partial charge in [0.1, 0.15) is 0 Å². The molecule has 0 atom stereocenters. The Morgan fingerprint density at radius 3 is 2.74 bits per heavy atom. The Morgan fingerprint density at radius 1 is 1.21 bits per heavy atom. The minimum absolute atomic E-state index is 0.291. The topological polar surface area (TPSA) is 82.0 Å². The molecule has 0 saturated carbocycles. The van der Waals surface area contributed by atoms with Crippen LogP contribution >= 0.6 is 34.4 Å². The first-order valence-corrected chi connectivity index (χ1v) is 7.68. The van der Waals surface area contributed by atoms with E-state index < -0.39 is 0 Å². The second-order valence-corrected chi connectivity index (χ2v) is 5.63. The van der Waals surface area contributed by atoms with Crippen molar-refractivity contribution in [2.75, 3.05) is 12.0 Å². The fourth-order valence-electron chi connectivity index (χ4n) is 1.63. The highest BCUT2D eigenvalue weighted by Crippen LogP contribution is 2.23. The predicted octanol–water partition coefficient (Wildman–Crippen LogP) is 2.09. The zero-order valence-corrected chi connectivity index (χ0v) is 12.9. The smallest absolute Gasteiger partial charge is 0.258 e. The van der Waals surface area contributed by atoms with Gasteiger partial charge < -0.3 is 5.73 Å². The molecule has 0 spiro atoms. The van der Waals surface area contributed by atoms with Crippen LogP contribution in [0, 0.1) is 3.57 Å². The SMILES string of the molecule is CSc1nc(N)n2nc(-c3ccccc3I)nc2n1. The van der Waals surface area contributed by atoms with Crippen LogP contribution in [-0.2, 0) is 0 Å². The molecule has 0 fully saturated rings. The Morgan fingerprint density at radius 2 is 2.00 bits per heavy atom. The van der Waals surface area contributed by atoms with Gasteiger partial charge in [0.05, 0.1) is 0 Å². The van der Waals surface area contributed by atoms with Gasteiger partial charge >= 0.3 is 0 Å². The molecule has 2 heterocycles. The lowest BCUT2D eigenvalue weighted by molar-refractivity contribution is 0.851. The highest BCUT2D eigenvalue weighted by atomic mass is 127. The molecule has 0 saturated heterocycles. The highest BCUT2D eigenvalue weighted by molar-refractivity contribution is 14.1. The Labute approximate surface area is 127 Å². The number of thioether (sulfide) groups is 1. The van der Waals surface area contributed by atoms with Crippen LogP contribution in [0.15, 0.2) is 29.4 Å². The van der Waals surface area contributed by atoms with Gasteiger partial charge in [0, 0.05) is 9.13 Å². The second kappa shape index (κ2) is 4.93. The van der Waals surface area contributed by atoms with Gasteiger partial charge in [-0.2, -0.15) is 19.5 Å². The molecule has 0 aliphatic heterocycles. The summed E-state index contributed by atoms with van der Waals surface area (Å²) in [6.45, 7) is 0. The van der Waals surface area contributed by atoms with E-state index in [1.165, 1.54) is 16.3 Å². The first-order chi connectivity index (χ1) is 9.19. The largest absolute Gasteiger partial charge is 0.368 e. The number of nitrogens with two attached hydrogens (primary N) is 1. The number of hydrogen-bond donors (Lipinski definition) is 1. The first-order valence-electron chi connectivity index (χ1n) is 5.38. The summed E-state index contributed by atoms with van der Waals surface area (Å²) in [6.07, 6.45) is 1.89. The van der Waals surface area contributed by atoms with Crippen molar-refractivity contribution in [1.82, 2.24) is 24.6 Å². The van der Waals surface area contributed by atoms with Crippen molar-refractivity contribution in [1.29, 1.82) is 0 Å². The van der Waals surface area contributed by atoms with Crippen LogP contribution in [-0.4, -0.2) is 30.8 Å². The molecular formula is C11H9IN6S. The van der Waals surface area contributed by atoms with E-state index in [0.717, 1.165) is 9.13 Å². The van der Waals surface area contributed by atoms with E-state index in [1.54, 1.807) is 0 Å². The fraction of sp³-hybridized carbons (Fsp3) is 0.0909. The predicted molar refractivity (Wildman–Crippen MR) is 82.9 cm³/mol. The molecule has 96 valence electrons. The van der Waals surface area contributed by atoms with Gasteiger partial charge in [-0.15, -0.1) is 5.10 Å². The number of benzene rings is 1. The monoisotopic (exact) mass is 384 g/mol. The third-order valence-electron chi connectivity index (χ3n) is 2.51. The maximum Gasteiger partial charge on any atom is 0.258 e. The number of nitrogen functional groups attached to an aromatic ring is 1. The quantitative estimate of drug-likeness (QED) is 0.538. The number of aromatic nitrogens is 5. The van der Waals surface area contributed by atoms with Gasteiger partial charge in [0.2, 0.25) is 5.95 Å². The number of hydrogen-bond acceptors (Lipinski definition) is 6. The summed E-state index contributed by atoms with van der Waals surface area (Å²) in [5, 5.41) is 4.95. The van der Waals surface area contributed by atoms with Crippen molar-refractivity contribution in [2.45, 2.75) is 5.16 Å². The van der Waals surface area contributed by atoms with Crippen LogP contribution in [0.2, 0.25) is 0 Å². The van der Waals surface area contributed by atoms with Crippen molar-refractivity contribution in [2.24, 2.45) is 0 Å². The van der Waals surface area contributed by atoms with Crippen molar-refractivity contribution < 1.29 is 0 Å².